The van der Waals surface area contributed by atoms with E-state index in [2.05, 4.69) is 6.58 Å². The van der Waals surface area contributed by atoms with Gasteiger partial charge in [0, 0.05) is 13.5 Å². The summed E-state index contributed by atoms with van der Waals surface area (Å²) in [7, 11) is 0. The minimum atomic E-state index is -1.03. The Morgan fingerprint density at radius 1 is 1.64 bits per heavy atom. The highest BCUT2D eigenvalue weighted by Crippen LogP contribution is 2.33. The molecule has 1 N–H and O–H groups in total. The van der Waals surface area contributed by atoms with Crippen LogP contribution in [0.25, 0.3) is 0 Å². The van der Waals surface area contributed by atoms with Gasteiger partial charge in [0.15, 0.2) is 0 Å². The average molecular weight is 197 g/mol. The summed E-state index contributed by atoms with van der Waals surface area (Å²) in [5, 5.41) is 9.17. The quantitative estimate of drug-likeness (QED) is 0.687. The molecule has 78 valence electrons. The van der Waals surface area contributed by atoms with Crippen LogP contribution in [-0.2, 0) is 9.59 Å². The first kappa shape index (κ1) is 10.8. The molecule has 1 aliphatic rings. The summed E-state index contributed by atoms with van der Waals surface area (Å²) in [6.07, 6.45) is 3.16. The van der Waals surface area contributed by atoms with E-state index < -0.39 is 11.5 Å². The van der Waals surface area contributed by atoms with Crippen LogP contribution in [0.4, 0.5) is 0 Å². The van der Waals surface area contributed by atoms with Crippen molar-refractivity contribution < 1.29 is 14.7 Å². The number of likely N-dealkylation sites (tertiary alicyclic amines) is 1. The Balaban J connectivity index is 3.00. The molecule has 1 aliphatic heterocycles. The van der Waals surface area contributed by atoms with Gasteiger partial charge in [0.05, 0.1) is 0 Å². The standard InChI is InChI=1S/C10H15NO3/c1-3-5-10(9(13)14)6-4-7-11(10)8(2)12/h3H,1,4-7H2,2H3,(H,13,14)/t10-/m1/s1. The molecule has 1 amide bonds. The van der Waals surface area contributed by atoms with Gasteiger partial charge in [0.1, 0.15) is 5.54 Å². The van der Waals surface area contributed by atoms with Gasteiger partial charge in [0.2, 0.25) is 5.91 Å². The lowest BCUT2D eigenvalue weighted by atomic mass is 9.92. The first-order chi connectivity index (χ1) is 6.54. The molecule has 0 aromatic rings. The van der Waals surface area contributed by atoms with Gasteiger partial charge in [-0.25, -0.2) is 4.79 Å². The van der Waals surface area contributed by atoms with Crippen molar-refractivity contribution in [2.75, 3.05) is 6.54 Å². The van der Waals surface area contributed by atoms with Gasteiger partial charge in [-0.1, -0.05) is 6.08 Å². The fraction of sp³-hybridized carbons (Fsp3) is 0.600. The first-order valence-corrected chi connectivity index (χ1v) is 4.67. The normalized spacial score (nSPS) is 26.2. The third-order valence-corrected chi connectivity index (χ3v) is 2.75. The molecule has 0 aromatic heterocycles. The number of carbonyl (C=O) groups excluding carboxylic acids is 1. The van der Waals surface area contributed by atoms with E-state index in [0.717, 1.165) is 6.42 Å². The average Bonchev–Trinajstić information content (AvgIpc) is 2.50. The van der Waals surface area contributed by atoms with Crippen LogP contribution in [0.3, 0.4) is 0 Å². The Bertz CT molecular complexity index is 275. The lowest BCUT2D eigenvalue weighted by Gasteiger charge is -2.33. The number of hydrogen-bond acceptors (Lipinski definition) is 2. The lowest BCUT2D eigenvalue weighted by Crippen LogP contribution is -2.52. The van der Waals surface area contributed by atoms with E-state index in [1.54, 1.807) is 6.08 Å². The number of nitrogens with zero attached hydrogens (tertiary/aromatic N) is 1. The summed E-state index contributed by atoms with van der Waals surface area (Å²) in [6, 6.07) is 0. The summed E-state index contributed by atoms with van der Waals surface area (Å²) in [5.74, 6) is -1.10. The van der Waals surface area contributed by atoms with Crippen LogP contribution >= 0.6 is 0 Å². The van der Waals surface area contributed by atoms with Crippen LogP contribution in [0.5, 0.6) is 0 Å². The van der Waals surface area contributed by atoms with Crippen molar-refractivity contribution >= 4 is 11.9 Å². The summed E-state index contributed by atoms with van der Waals surface area (Å²) < 4.78 is 0. The number of aliphatic carboxylic acids is 1. The Hall–Kier alpha value is -1.32. The Morgan fingerprint density at radius 3 is 2.71 bits per heavy atom. The highest BCUT2D eigenvalue weighted by Gasteiger charge is 2.47. The molecule has 0 unspecified atom stereocenters. The summed E-state index contributed by atoms with van der Waals surface area (Å²) in [4.78, 5) is 23.9. The highest BCUT2D eigenvalue weighted by atomic mass is 16.4. The Kier molecular flexibility index (Phi) is 2.93. The predicted octanol–water partition coefficient (Wildman–Crippen LogP) is 1.03. The SMILES string of the molecule is C=CC[C@]1(C(=O)O)CCCN1C(C)=O. The molecule has 1 fully saturated rings. The topological polar surface area (TPSA) is 57.6 Å². The number of carboxylic acid groups (broad SMARTS) is 1. The zero-order valence-corrected chi connectivity index (χ0v) is 8.32. The second kappa shape index (κ2) is 3.82. The van der Waals surface area contributed by atoms with Gasteiger partial charge in [0.25, 0.3) is 0 Å². The third-order valence-electron chi connectivity index (χ3n) is 2.75. The number of carbonyl (C=O) groups is 2. The van der Waals surface area contributed by atoms with Gasteiger partial charge in [-0.2, -0.15) is 0 Å². The second-order valence-corrected chi connectivity index (χ2v) is 3.60. The monoisotopic (exact) mass is 197 g/mol. The fourth-order valence-electron chi connectivity index (χ4n) is 2.10. The smallest absolute Gasteiger partial charge is 0.329 e. The van der Waals surface area contributed by atoms with Gasteiger partial charge < -0.3 is 10.0 Å². The van der Waals surface area contributed by atoms with Gasteiger partial charge in [-0.3, -0.25) is 4.79 Å². The predicted molar refractivity (Wildman–Crippen MR) is 51.8 cm³/mol. The van der Waals surface area contributed by atoms with Crippen molar-refractivity contribution in [1.82, 2.24) is 4.90 Å². The highest BCUT2D eigenvalue weighted by molar-refractivity contribution is 5.87. The minimum Gasteiger partial charge on any atom is -0.479 e. The maximum absolute atomic E-state index is 11.3. The van der Waals surface area contributed by atoms with Crippen LogP contribution in [-0.4, -0.2) is 34.0 Å². The van der Waals surface area contributed by atoms with Crippen molar-refractivity contribution in [3.63, 3.8) is 0 Å². The molecule has 0 aromatic carbocycles. The molecule has 0 spiro atoms. The van der Waals surface area contributed by atoms with Crippen molar-refractivity contribution in [2.24, 2.45) is 0 Å². The molecule has 0 aliphatic carbocycles. The molecule has 0 bridgehead atoms. The molecule has 1 rings (SSSR count). The molecule has 0 radical (unpaired) electrons. The van der Waals surface area contributed by atoms with Crippen molar-refractivity contribution in [1.29, 1.82) is 0 Å². The molecular formula is C10H15NO3. The molecule has 1 saturated heterocycles. The van der Waals surface area contributed by atoms with Gasteiger partial charge in [-0.15, -0.1) is 6.58 Å². The molecule has 4 nitrogen and oxygen atoms in total. The molecule has 1 atom stereocenters. The van der Waals surface area contributed by atoms with E-state index in [9.17, 15) is 14.7 Å². The maximum atomic E-state index is 11.3. The maximum Gasteiger partial charge on any atom is 0.329 e. The Morgan fingerprint density at radius 2 is 2.29 bits per heavy atom. The van der Waals surface area contributed by atoms with Gasteiger partial charge in [-0.05, 0) is 19.3 Å². The van der Waals surface area contributed by atoms with Crippen LogP contribution in [0.2, 0.25) is 0 Å². The minimum absolute atomic E-state index is 0.174. The molecule has 14 heavy (non-hydrogen) atoms. The summed E-state index contributed by atoms with van der Waals surface area (Å²) >= 11 is 0. The van der Waals surface area contributed by atoms with E-state index in [-0.39, 0.29) is 5.91 Å². The molecule has 1 heterocycles. The molecular weight excluding hydrogens is 182 g/mol. The van der Waals surface area contributed by atoms with Crippen molar-refractivity contribution in [3.05, 3.63) is 12.7 Å². The lowest BCUT2D eigenvalue weighted by molar-refractivity contribution is -0.155. The summed E-state index contributed by atoms with van der Waals surface area (Å²) in [5.41, 5.74) is -1.03. The van der Waals surface area contributed by atoms with Crippen LogP contribution < -0.4 is 0 Å². The van der Waals surface area contributed by atoms with E-state index in [0.29, 0.717) is 19.4 Å². The van der Waals surface area contributed by atoms with Gasteiger partial charge >= 0.3 is 5.97 Å². The van der Waals surface area contributed by atoms with E-state index in [1.165, 1.54) is 11.8 Å². The zero-order chi connectivity index (χ0) is 10.8. The van der Waals surface area contributed by atoms with Crippen molar-refractivity contribution in [2.45, 2.75) is 31.7 Å². The van der Waals surface area contributed by atoms with E-state index in [4.69, 9.17) is 0 Å². The van der Waals surface area contributed by atoms with Crippen molar-refractivity contribution in [3.8, 4) is 0 Å². The second-order valence-electron chi connectivity index (χ2n) is 3.60. The fourth-order valence-corrected chi connectivity index (χ4v) is 2.10. The number of hydrogen-bond donors (Lipinski definition) is 1. The first-order valence-electron chi connectivity index (χ1n) is 4.67. The van der Waals surface area contributed by atoms with Crippen LogP contribution in [0, 0.1) is 0 Å². The number of rotatable bonds is 3. The number of amides is 1. The largest absolute Gasteiger partial charge is 0.479 e. The third kappa shape index (κ3) is 1.52. The van der Waals surface area contributed by atoms with E-state index >= 15 is 0 Å². The summed E-state index contributed by atoms with van der Waals surface area (Å²) in [6.45, 7) is 5.49. The molecule has 0 saturated carbocycles. The van der Waals surface area contributed by atoms with Crippen LogP contribution in [0.1, 0.15) is 26.2 Å². The van der Waals surface area contributed by atoms with Crippen LogP contribution in [0.15, 0.2) is 12.7 Å². The van der Waals surface area contributed by atoms with E-state index in [1.807, 2.05) is 0 Å². The number of carboxylic acids is 1. The Labute approximate surface area is 83.2 Å². The zero-order valence-electron chi connectivity index (χ0n) is 8.32. The molecule has 4 heteroatoms.